The highest BCUT2D eigenvalue weighted by Gasteiger charge is 2.41. The molecular weight excluding hydrogens is 1810 g/mol. The van der Waals surface area contributed by atoms with E-state index in [0.717, 1.165) is 16.7 Å². The van der Waals surface area contributed by atoms with Crippen molar-refractivity contribution >= 4 is 53.4 Å². The van der Waals surface area contributed by atoms with Gasteiger partial charge in [0.25, 0.3) is 35.4 Å². The number of rotatable bonds is 81. The van der Waals surface area contributed by atoms with Crippen LogP contribution in [0.4, 0.5) is 0 Å². The molecule has 9 aliphatic rings. The number of hydrogen-bond donors (Lipinski definition) is 6. The SMILES string of the molecule is O=C(NOCCOCCCC(CCCOCCONC(=O)C1=C=CC=C1)(CCCOCCOC(=O)C1=C=CC=C1)c1cc(C(CCCOCCONC(=O)C2=C=CC=C2)(CCCOCCONC(=O)C2=C=CC=C2)CCCOCCOC(=O)C2=C=CC=C2)cc(C(CCCOCCONC(=O)C2=C=CC=C2)(CCCOCCONC(=O)C2=C=CC=C2)CCCOCCOC(=O)C2=C=CC=C2)c1)C1=C=CC=C1. The van der Waals surface area contributed by atoms with Gasteiger partial charge in [0, 0.05) is 59.5 Å². The number of allylic oxidation sites excluding steroid dienone is 9. The number of carbonyl (C=O) groups excluding carboxylic acids is 9. The largest absolute Gasteiger partial charge is 0.459 e. The molecule has 33 heteroatoms. The highest BCUT2D eigenvalue weighted by molar-refractivity contribution is 5.99. The standard InChI is InChI=1S/C108H126N6O27/c115-97(85-28-1-2-29-85)109-136-76-67-127-58-22-49-106(46-19-55-124-64-73-133-103(121)91-40-13-14-41-91,50-23-59-128-68-77-137-110-98(116)86-30-3-4-31-86)94-82-95(107(47-20-56-125-65-74-134-104(122)92-42-15-16-43-92,51-24-60-129-69-78-138-111-99(117)87-32-5-6-33-87)52-25-61-130-70-79-139-112-100(118)88-34-7-8-35-88)84-96(83-94)108(48-21-57-126-66-75-135-105(123)93-44-17-18-45-93,53-26-62-131-71-80-140-113-101(119)89-36-9-10-37-89)54-27-63-132-72-81-141-114-102(120)90-38-11-12-39-90/h1-18,28,30,32,34,36,38,40,42,44,82-84H,19-27,46-81H2,(H,109,115)(H,110,116)(H,111,117)(H,112,118)(H,113,119)(H,114,120). The number of esters is 3. The average molecular weight is 1940 g/mol. The van der Waals surface area contributed by atoms with Gasteiger partial charge in [-0.05, 0) is 258 Å². The molecule has 6 N–H and O–H groups in total. The smallest absolute Gasteiger partial charge is 0.346 e. The Balaban J connectivity index is 1.08. The monoisotopic (exact) mass is 1940 g/mol. The first kappa shape index (κ1) is 110. The topological polar surface area (TPSA) is 392 Å². The van der Waals surface area contributed by atoms with E-state index >= 15 is 0 Å². The predicted octanol–water partition coefficient (Wildman–Crippen LogP) is 11.3. The van der Waals surface area contributed by atoms with Crippen molar-refractivity contribution in [2.24, 2.45) is 0 Å². The molecule has 0 spiro atoms. The lowest BCUT2D eigenvalue weighted by molar-refractivity contribution is -0.141. The number of amides is 6. The molecule has 10 rings (SSSR count). The first-order chi connectivity index (χ1) is 69.2. The molecule has 0 unspecified atom stereocenters. The van der Waals surface area contributed by atoms with Crippen molar-refractivity contribution < 1.29 is 129 Å². The van der Waals surface area contributed by atoms with Crippen LogP contribution in [0.5, 0.6) is 0 Å². The number of benzene rings is 1. The fourth-order valence-corrected chi connectivity index (χ4v) is 16.1. The Morgan fingerprint density at radius 1 is 0.191 bits per heavy atom. The van der Waals surface area contributed by atoms with Gasteiger partial charge < -0.3 is 56.8 Å². The maximum Gasteiger partial charge on any atom is 0.346 e. The van der Waals surface area contributed by atoms with Crippen molar-refractivity contribution in [2.45, 2.75) is 132 Å². The van der Waals surface area contributed by atoms with Gasteiger partial charge in [0.1, 0.15) is 36.5 Å². The van der Waals surface area contributed by atoms with Gasteiger partial charge in [-0.1, -0.05) is 72.9 Å². The predicted molar refractivity (Wildman–Crippen MR) is 516 cm³/mol. The third-order valence-electron chi connectivity index (χ3n) is 23.1. The molecular formula is C108H126N6O27. The fourth-order valence-electron chi connectivity index (χ4n) is 16.1. The van der Waals surface area contributed by atoms with Crippen LogP contribution in [0.25, 0.3) is 0 Å². The van der Waals surface area contributed by atoms with Crippen molar-refractivity contribution in [3.63, 3.8) is 0 Å². The number of hydrogen-bond acceptors (Lipinski definition) is 27. The van der Waals surface area contributed by atoms with Gasteiger partial charge in [0.15, 0.2) is 0 Å². The summed E-state index contributed by atoms with van der Waals surface area (Å²) in [6, 6.07) is 7.07. The summed E-state index contributed by atoms with van der Waals surface area (Å²) < 4.78 is 74.9. The molecule has 0 heterocycles. The van der Waals surface area contributed by atoms with Gasteiger partial charge in [-0.25, -0.2) is 47.3 Å². The van der Waals surface area contributed by atoms with Gasteiger partial charge >= 0.3 is 17.9 Å². The summed E-state index contributed by atoms with van der Waals surface area (Å²) >= 11 is 0. The highest BCUT2D eigenvalue weighted by Crippen LogP contribution is 2.49. The Hall–Kier alpha value is -12.8. The highest BCUT2D eigenvalue weighted by atomic mass is 16.7. The lowest BCUT2D eigenvalue weighted by Gasteiger charge is -2.42. The lowest BCUT2D eigenvalue weighted by atomic mass is 9.62. The molecule has 750 valence electrons. The van der Waals surface area contributed by atoms with Crippen LogP contribution in [-0.2, 0) is 145 Å². The summed E-state index contributed by atoms with van der Waals surface area (Å²) in [5, 5.41) is 0. The minimum absolute atomic E-state index is 0.0229. The van der Waals surface area contributed by atoms with E-state index in [4.69, 9.17) is 85.9 Å². The lowest BCUT2D eigenvalue weighted by Crippen LogP contribution is -2.34. The second-order valence-corrected chi connectivity index (χ2v) is 32.9. The Kier molecular flexibility index (Phi) is 51.0. The molecule has 6 amide bonds. The zero-order chi connectivity index (χ0) is 99.0. The molecule has 0 aromatic heterocycles. The van der Waals surface area contributed by atoms with E-state index in [2.05, 4.69) is 103 Å². The van der Waals surface area contributed by atoms with Gasteiger partial charge in [-0.2, -0.15) is 0 Å². The fraction of sp³-hybridized carbons (Fsp3) is 0.444. The van der Waals surface area contributed by atoms with Crippen molar-refractivity contribution in [1.82, 2.24) is 32.9 Å². The zero-order valence-corrected chi connectivity index (χ0v) is 79.7. The number of nitrogens with one attached hydrogen (secondary N) is 6. The summed E-state index contributed by atoms with van der Waals surface area (Å²) in [7, 11) is 0. The molecule has 0 bridgehead atoms. The van der Waals surface area contributed by atoms with Crippen LogP contribution >= 0.6 is 0 Å². The van der Waals surface area contributed by atoms with Crippen LogP contribution in [0.15, 0.2) is 284 Å². The van der Waals surface area contributed by atoms with Crippen LogP contribution in [0, 0.1) is 0 Å². The molecule has 33 nitrogen and oxygen atoms in total. The van der Waals surface area contributed by atoms with Gasteiger partial charge in [-0.3, -0.25) is 57.8 Å². The number of carbonyl (C=O) groups is 9. The van der Waals surface area contributed by atoms with Crippen LogP contribution < -0.4 is 32.9 Å². The normalized spacial score (nSPS) is 14.3. The number of hydroxylamine groups is 6. The summed E-state index contributed by atoms with van der Waals surface area (Å²) in [5.74, 6) is -4.34. The second-order valence-electron chi connectivity index (χ2n) is 32.9. The van der Waals surface area contributed by atoms with Gasteiger partial charge in [-0.15, -0.1) is 51.6 Å². The molecule has 0 radical (unpaired) electrons. The van der Waals surface area contributed by atoms with E-state index in [1.165, 1.54) is 0 Å². The maximum absolute atomic E-state index is 13.1. The van der Waals surface area contributed by atoms with E-state index in [1.54, 1.807) is 164 Å². The van der Waals surface area contributed by atoms with Crippen LogP contribution in [0.3, 0.4) is 0 Å². The summed E-state index contributed by atoms with van der Waals surface area (Å²) in [6.07, 6.45) is 53.8. The average Bonchev–Trinajstić information content (AvgIpc) is 1.40. The molecule has 0 aliphatic heterocycles. The molecule has 141 heavy (non-hydrogen) atoms. The first-order valence-corrected chi connectivity index (χ1v) is 47.8. The van der Waals surface area contributed by atoms with E-state index in [9.17, 15) is 43.2 Å². The van der Waals surface area contributed by atoms with Crippen molar-refractivity contribution in [3.8, 4) is 0 Å². The molecule has 1 aromatic rings. The quantitative estimate of drug-likeness (QED) is 0.0116. The molecule has 1 aromatic carbocycles. The van der Waals surface area contributed by atoms with Crippen molar-refractivity contribution in [3.05, 3.63) is 301 Å². The summed E-state index contributed by atoms with van der Waals surface area (Å²) in [4.78, 5) is 151. The Bertz CT molecular complexity index is 4660. The molecule has 0 saturated carbocycles. The molecule has 0 saturated heterocycles. The third-order valence-corrected chi connectivity index (χ3v) is 23.1. The van der Waals surface area contributed by atoms with Gasteiger partial charge in [0.2, 0.25) is 0 Å². The van der Waals surface area contributed by atoms with E-state index < -0.39 is 69.6 Å². The molecule has 9 aliphatic carbocycles. The molecule has 0 atom stereocenters. The third kappa shape index (κ3) is 40.7. The van der Waals surface area contributed by atoms with Crippen LogP contribution in [0.1, 0.15) is 132 Å². The van der Waals surface area contributed by atoms with E-state index in [0.29, 0.717) is 166 Å². The minimum atomic E-state index is -0.793. The Morgan fingerprint density at radius 2 is 0.340 bits per heavy atom. The first-order valence-electron chi connectivity index (χ1n) is 47.8. The van der Waals surface area contributed by atoms with Crippen LogP contribution in [-0.4, -0.2) is 232 Å². The Labute approximate surface area is 822 Å². The zero-order valence-electron chi connectivity index (χ0n) is 79.7. The van der Waals surface area contributed by atoms with Crippen molar-refractivity contribution in [2.75, 3.05) is 178 Å². The minimum Gasteiger partial charge on any atom is -0.459 e. The molecule has 0 fully saturated rings. The van der Waals surface area contributed by atoms with Crippen LogP contribution in [0.2, 0.25) is 0 Å². The van der Waals surface area contributed by atoms with Gasteiger partial charge in [0.05, 0.1) is 133 Å². The van der Waals surface area contributed by atoms with E-state index in [-0.39, 0.29) is 178 Å². The van der Waals surface area contributed by atoms with E-state index in [1.807, 2.05) is 0 Å². The Morgan fingerprint density at radius 3 is 0.489 bits per heavy atom. The summed E-state index contributed by atoms with van der Waals surface area (Å²) in [6.45, 7) is 3.22. The maximum atomic E-state index is 13.1. The van der Waals surface area contributed by atoms with Crippen molar-refractivity contribution in [1.29, 1.82) is 0 Å². The second kappa shape index (κ2) is 65.2. The number of ether oxygens (including phenoxy) is 12. The summed E-state index contributed by atoms with van der Waals surface area (Å²) in [5.41, 5.74) is 44.2.